The van der Waals surface area contributed by atoms with Gasteiger partial charge in [0.1, 0.15) is 41.0 Å². The number of nitrogens with two attached hydrogens (primary N) is 1. The Kier molecular flexibility index (Phi) is 9.03. The highest BCUT2D eigenvalue weighted by Gasteiger charge is 2.49. The lowest BCUT2D eigenvalue weighted by atomic mass is 9.95. The van der Waals surface area contributed by atoms with Gasteiger partial charge >= 0.3 is 6.01 Å². The highest BCUT2D eigenvalue weighted by atomic mass is 35.5. The topological polar surface area (TPSA) is 129 Å². The molecule has 2 aromatic heterocycles. The lowest BCUT2D eigenvalue weighted by Crippen LogP contribution is -2.43. The zero-order chi connectivity index (χ0) is 35.5. The minimum absolute atomic E-state index is 0.0125. The summed E-state index contributed by atoms with van der Waals surface area (Å²) in [6.45, 7) is 3.40. The number of imide groups is 1. The maximum Gasteiger partial charge on any atom is 0.319 e. The van der Waals surface area contributed by atoms with Crippen molar-refractivity contribution in [3.05, 3.63) is 40.4 Å². The van der Waals surface area contributed by atoms with Crippen LogP contribution in [0.1, 0.15) is 51.0 Å². The van der Waals surface area contributed by atoms with Crippen molar-refractivity contribution in [2.45, 2.75) is 57.2 Å². The van der Waals surface area contributed by atoms with Crippen molar-refractivity contribution >= 4 is 66.6 Å². The molecule has 0 bridgehead atoms. The van der Waals surface area contributed by atoms with Gasteiger partial charge in [-0.3, -0.25) is 19.4 Å². The Bertz CT molecular complexity index is 2090. The number of hydrogen-bond acceptors (Lipinski definition) is 10. The molecule has 0 saturated carbocycles. The number of hydrogen-bond donors (Lipinski definition) is 1. The quantitative estimate of drug-likeness (QED) is 0.238. The van der Waals surface area contributed by atoms with Gasteiger partial charge in [0.2, 0.25) is 11.8 Å². The third-order valence-electron chi connectivity index (χ3n) is 10.5. The summed E-state index contributed by atoms with van der Waals surface area (Å²) >= 11 is 7.74. The second-order valence-corrected chi connectivity index (χ2v) is 14.9. The largest absolute Gasteiger partial charge is 0.461 e. The lowest BCUT2D eigenvalue weighted by Gasteiger charge is -2.31. The van der Waals surface area contributed by atoms with Crippen molar-refractivity contribution < 1.29 is 27.5 Å². The van der Waals surface area contributed by atoms with Crippen molar-refractivity contribution in [3.63, 3.8) is 0 Å². The summed E-state index contributed by atoms with van der Waals surface area (Å²) in [5, 5.41) is 10.4. The summed E-state index contributed by atoms with van der Waals surface area (Å²) < 4.78 is 52.8. The van der Waals surface area contributed by atoms with Crippen LogP contribution in [0.4, 0.5) is 24.0 Å². The number of carbonyl (C=O) groups excluding carboxylic acids is 2. The zero-order valence-corrected chi connectivity index (χ0v) is 29.1. The van der Waals surface area contributed by atoms with E-state index in [4.69, 9.17) is 27.1 Å². The van der Waals surface area contributed by atoms with Crippen LogP contribution < -0.4 is 15.4 Å². The molecule has 50 heavy (non-hydrogen) atoms. The molecule has 4 aromatic rings. The Balaban J connectivity index is 1.34. The van der Waals surface area contributed by atoms with E-state index in [0.717, 1.165) is 35.6 Å². The normalized spacial score (nSPS) is 22.5. The average molecular weight is 726 g/mol. The van der Waals surface area contributed by atoms with E-state index in [-0.39, 0.29) is 72.7 Å². The van der Waals surface area contributed by atoms with Gasteiger partial charge in [0.25, 0.3) is 0 Å². The molecule has 10 nitrogen and oxygen atoms in total. The number of alkyl halides is 1. The number of ether oxygens (including phenoxy) is 1. The molecule has 2 aromatic carbocycles. The SMILES string of the molecule is CC(=O)N(C)C(=O)[C@H]1CCCN(c2nc(OC[C@@]34CCCN3C[C@H](F)C4)nc3c(F)c(-c4ccc(F)c5sc(N)c(C#N)c45)c(Cl)cc23)CC1. The number of benzene rings is 2. The van der Waals surface area contributed by atoms with Crippen molar-refractivity contribution in [1.29, 1.82) is 5.26 Å². The molecule has 3 aliphatic rings. The average Bonchev–Trinajstić information content (AvgIpc) is 3.65. The first-order chi connectivity index (χ1) is 23.9. The molecule has 2 N–H and O–H groups in total. The molecule has 5 heterocycles. The van der Waals surface area contributed by atoms with Gasteiger partial charge in [-0.2, -0.15) is 15.2 Å². The van der Waals surface area contributed by atoms with Gasteiger partial charge in [0.15, 0.2) is 5.82 Å². The monoisotopic (exact) mass is 725 g/mol. The molecule has 2 amide bonds. The number of amides is 2. The number of aromatic nitrogens is 2. The molecule has 15 heteroatoms. The van der Waals surface area contributed by atoms with Gasteiger partial charge in [-0.1, -0.05) is 17.7 Å². The van der Waals surface area contributed by atoms with Gasteiger partial charge in [0, 0.05) is 62.3 Å². The van der Waals surface area contributed by atoms with E-state index in [0.29, 0.717) is 56.5 Å². The number of carbonyl (C=O) groups is 2. The van der Waals surface area contributed by atoms with Gasteiger partial charge in [-0.25, -0.2) is 13.2 Å². The predicted molar refractivity (Wildman–Crippen MR) is 186 cm³/mol. The zero-order valence-electron chi connectivity index (χ0n) is 27.6. The van der Waals surface area contributed by atoms with Crippen molar-refractivity contribution in [2.24, 2.45) is 5.92 Å². The summed E-state index contributed by atoms with van der Waals surface area (Å²) in [6.07, 6.45) is 2.58. The van der Waals surface area contributed by atoms with E-state index >= 15 is 4.39 Å². The number of thiophene rings is 1. The van der Waals surface area contributed by atoms with Gasteiger partial charge in [-0.05, 0) is 56.3 Å². The summed E-state index contributed by atoms with van der Waals surface area (Å²) in [5.74, 6) is -2.06. The van der Waals surface area contributed by atoms with E-state index in [1.54, 1.807) is 6.07 Å². The van der Waals surface area contributed by atoms with Crippen LogP contribution in [0.25, 0.3) is 32.1 Å². The van der Waals surface area contributed by atoms with E-state index in [1.165, 1.54) is 26.1 Å². The third-order valence-corrected chi connectivity index (χ3v) is 11.8. The van der Waals surface area contributed by atoms with E-state index in [2.05, 4.69) is 9.88 Å². The van der Waals surface area contributed by atoms with Crippen molar-refractivity contribution in [1.82, 2.24) is 19.8 Å². The minimum Gasteiger partial charge on any atom is -0.461 e. The van der Waals surface area contributed by atoms with Crippen LogP contribution in [0.5, 0.6) is 6.01 Å². The lowest BCUT2D eigenvalue weighted by molar-refractivity contribution is -0.144. The molecule has 0 unspecified atom stereocenters. The van der Waals surface area contributed by atoms with E-state index < -0.39 is 23.3 Å². The fourth-order valence-electron chi connectivity index (χ4n) is 7.85. The van der Waals surface area contributed by atoms with Crippen LogP contribution in [0, 0.1) is 28.9 Å². The Morgan fingerprint density at radius 3 is 2.78 bits per heavy atom. The maximum absolute atomic E-state index is 17.0. The van der Waals surface area contributed by atoms with Gasteiger partial charge < -0.3 is 15.4 Å². The number of anilines is 2. The van der Waals surface area contributed by atoms with Crippen molar-refractivity contribution in [2.75, 3.05) is 50.5 Å². The minimum atomic E-state index is -0.971. The predicted octanol–water partition coefficient (Wildman–Crippen LogP) is 6.46. The highest BCUT2D eigenvalue weighted by Crippen LogP contribution is 2.46. The molecule has 0 aliphatic carbocycles. The molecule has 0 radical (unpaired) electrons. The van der Waals surface area contributed by atoms with Crippen LogP contribution in [0.3, 0.4) is 0 Å². The summed E-state index contributed by atoms with van der Waals surface area (Å²) in [5.41, 5.74) is 5.58. The summed E-state index contributed by atoms with van der Waals surface area (Å²) in [7, 11) is 1.47. The standard InChI is InChI=1S/C35H35ClF3N7O3S/c1-18(47)44(2)33(48)19-5-3-10-45(12-8-19)32-22-13-24(36)27(21-6-7-25(38)30-26(21)23(15-40)31(41)50-30)28(39)29(22)42-34(43-32)49-17-35-9-4-11-46(35)16-20(37)14-35/h6-7,13,19-20H,3-5,8-12,14,16-17,41H2,1-2H3/t19-,20+,35-/m0/s1. The first kappa shape index (κ1) is 34.3. The number of nitriles is 1. The molecule has 0 spiro atoms. The summed E-state index contributed by atoms with van der Waals surface area (Å²) in [4.78, 5) is 39.4. The number of fused-ring (bicyclic) bond motifs is 3. The molecule has 3 atom stereocenters. The molecule has 3 saturated heterocycles. The Morgan fingerprint density at radius 2 is 2.02 bits per heavy atom. The summed E-state index contributed by atoms with van der Waals surface area (Å²) in [6, 6.07) is 6.01. The van der Waals surface area contributed by atoms with Gasteiger partial charge in [0.05, 0.1) is 20.8 Å². The van der Waals surface area contributed by atoms with Crippen LogP contribution in [0.15, 0.2) is 18.2 Å². The third kappa shape index (κ3) is 5.78. The highest BCUT2D eigenvalue weighted by molar-refractivity contribution is 7.23. The molecule has 262 valence electrons. The molecular weight excluding hydrogens is 691 g/mol. The Labute approximate surface area is 295 Å². The van der Waals surface area contributed by atoms with Crippen LogP contribution in [-0.2, 0) is 9.59 Å². The first-order valence-corrected chi connectivity index (χ1v) is 17.8. The smallest absolute Gasteiger partial charge is 0.319 e. The van der Waals surface area contributed by atoms with Crippen LogP contribution in [-0.4, -0.2) is 83.1 Å². The number of halogens is 4. The second kappa shape index (κ2) is 13.2. The first-order valence-electron chi connectivity index (χ1n) is 16.6. The number of nitrogens with zero attached hydrogens (tertiary/aromatic N) is 6. The molecule has 3 aliphatic heterocycles. The van der Waals surface area contributed by atoms with Gasteiger partial charge in [-0.15, -0.1) is 11.3 Å². The fourth-order valence-corrected chi connectivity index (χ4v) is 9.10. The molecule has 7 rings (SSSR count). The van der Waals surface area contributed by atoms with E-state index in [1.807, 2.05) is 11.0 Å². The van der Waals surface area contributed by atoms with Crippen molar-refractivity contribution in [3.8, 4) is 23.2 Å². The maximum atomic E-state index is 17.0. The number of nitrogen functional groups attached to an aromatic ring is 1. The second-order valence-electron chi connectivity index (χ2n) is 13.4. The molecular formula is C35H35ClF3N7O3S. The molecule has 3 fully saturated rings. The van der Waals surface area contributed by atoms with E-state index in [9.17, 15) is 23.6 Å². The number of rotatable bonds is 6. The fraction of sp³-hybridized carbons (Fsp3) is 0.457. The Morgan fingerprint density at radius 1 is 1.22 bits per heavy atom. The van der Waals surface area contributed by atoms with Crippen LogP contribution in [0.2, 0.25) is 5.02 Å². The van der Waals surface area contributed by atoms with Crippen LogP contribution >= 0.6 is 22.9 Å². The Hall–Kier alpha value is -4.19.